The lowest BCUT2D eigenvalue weighted by molar-refractivity contribution is 0.669. The van der Waals surface area contributed by atoms with Crippen LogP contribution in [0, 0.1) is 0 Å². The van der Waals surface area contributed by atoms with E-state index >= 15 is 0 Å². The molecule has 9 aromatic rings. The molecule has 0 aliphatic rings. The zero-order chi connectivity index (χ0) is 25.5. The normalized spacial score (nSPS) is 12.1. The summed E-state index contributed by atoms with van der Waals surface area (Å²) in [6.45, 7) is 0. The number of hydrogen-bond acceptors (Lipinski definition) is 2. The topological polar surface area (TPSA) is 18.1 Å². The number of hydrogen-bond donors (Lipinski definition) is 0. The van der Waals surface area contributed by atoms with Gasteiger partial charge in [0.2, 0.25) is 0 Å². The lowest BCUT2D eigenvalue weighted by Gasteiger charge is -2.08. The molecule has 182 valence electrons. The third-order valence-electron chi connectivity index (χ3n) is 8.01. The van der Waals surface area contributed by atoms with Gasteiger partial charge in [0, 0.05) is 53.0 Å². The van der Waals surface area contributed by atoms with E-state index in [4.69, 9.17) is 4.42 Å². The average molecular weight is 516 g/mol. The Bertz CT molecular complexity index is 2350. The van der Waals surface area contributed by atoms with Crippen LogP contribution in [0.1, 0.15) is 0 Å². The molecular weight excluding hydrogens is 494 g/mol. The Morgan fingerprint density at radius 2 is 1.13 bits per heavy atom. The number of aromatic nitrogens is 1. The second kappa shape index (κ2) is 7.83. The number of benzene rings is 6. The second-order valence-electron chi connectivity index (χ2n) is 10.1. The van der Waals surface area contributed by atoms with Crippen LogP contribution in [-0.2, 0) is 0 Å². The Morgan fingerprint density at radius 1 is 0.487 bits per heavy atom. The van der Waals surface area contributed by atoms with Crippen molar-refractivity contribution in [1.29, 1.82) is 0 Å². The van der Waals surface area contributed by atoms with Crippen LogP contribution in [0.15, 0.2) is 132 Å². The van der Waals surface area contributed by atoms with Gasteiger partial charge in [-0.25, -0.2) is 0 Å². The molecule has 0 amide bonds. The van der Waals surface area contributed by atoms with Gasteiger partial charge >= 0.3 is 0 Å². The lowest BCUT2D eigenvalue weighted by Crippen LogP contribution is -1.92. The van der Waals surface area contributed by atoms with E-state index in [1.807, 2.05) is 17.4 Å². The van der Waals surface area contributed by atoms with E-state index in [9.17, 15) is 0 Å². The maximum Gasteiger partial charge on any atom is 0.136 e. The van der Waals surface area contributed by atoms with Gasteiger partial charge in [0.25, 0.3) is 0 Å². The van der Waals surface area contributed by atoms with Gasteiger partial charge in [-0.2, -0.15) is 0 Å². The molecule has 3 heterocycles. The number of thiophene rings is 1. The van der Waals surface area contributed by atoms with Gasteiger partial charge in [0.05, 0.1) is 11.0 Å². The Balaban J connectivity index is 1.32. The van der Waals surface area contributed by atoms with Crippen LogP contribution in [0.25, 0.3) is 80.7 Å². The quantitative estimate of drug-likeness (QED) is 0.224. The number of rotatable bonds is 2. The van der Waals surface area contributed by atoms with Crippen molar-refractivity contribution in [3.05, 3.63) is 127 Å². The molecule has 0 unspecified atom stereocenters. The monoisotopic (exact) mass is 515 g/mol. The summed E-state index contributed by atoms with van der Waals surface area (Å²) in [4.78, 5) is 0. The minimum Gasteiger partial charge on any atom is -0.456 e. The number of furan rings is 1. The van der Waals surface area contributed by atoms with Crippen LogP contribution in [-0.4, -0.2) is 4.57 Å². The fourth-order valence-electron chi connectivity index (χ4n) is 6.34. The van der Waals surface area contributed by atoms with Gasteiger partial charge in [-0.15, -0.1) is 11.3 Å². The number of para-hydroxylation sites is 3. The first kappa shape index (κ1) is 21.1. The van der Waals surface area contributed by atoms with Crippen LogP contribution in [0.2, 0.25) is 0 Å². The first-order valence-corrected chi connectivity index (χ1v) is 14.0. The molecule has 0 spiro atoms. The Hall–Kier alpha value is -4.86. The highest BCUT2D eigenvalue weighted by molar-refractivity contribution is 7.26. The molecule has 0 N–H and O–H groups in total. The summed E-state index contributed by atoms with van der Waals surface area (Å²) >= 11 is 1.88. The van der Waals surface area contributed by atoms with Crippen molar-refractivity contribution in [2.24, 2.45) is 0 Å². The van der Waals surface area contributed by atoms with Crippen molar-refractivity contribution >= 4 is 75.3 Å². The number of fused-ring (bicyclic) bond motifs is 9. The molecule has 6 aromatic carbocycles. The van der Waals surface area contributed by atoms with Gasteiger partial charge in [-0.3, -0.25) is 0 Å². The van der Waals surface area contributed by atoms with E-state index < -0.39 is 0 Å². The van der Waals surface area contributed by atoms with Crippen molar-refractivity contribution < 1.29 is 4.42 Å². The van der Waals surface area contributed by atoms with Gasteiger partial charge in [0.15, 0.2) is 0 Å². The molecule has 3 aromatic heterocycles. The van der Waals surface area contributed by atoms with Crippen molar-refractivity contribution in [2.75, 3.05) is 0 Å². The molecule has 0 aliphatic heterocycles. The summed E-state index contributed by atoms with van der Waals surface area (Å²) in [6, 6.07) is 45.7. The molecule has 0 saturated carbocycles. The van der Waals surface area contributed by atoms with Crippen molar-refractivity contribution in [3.63, 3.8) is 0 Å². The maximum atomic E-state index is 6.21. The highest BCUT2D eigenvalue weighted by Crippen LogP contribution is 2.44. The van der Waals surface area contributed by atoms with Gasteiger partial charge in [-0.05, 0) is 42.0 Å². The van der Waals surface area contributed by atoms with Gasteiger partial charge in [-0.1, -0.05) is 91.0 Å². The Kier molecular flexibility index (Phi) is 4.24. The third-order valence-corrected chi connectivity index (χ3v) is 9.22. The second-order valence-corrected chi connectivity index (χ2v) is 11.2. The van der Waals surface area contributed by atoms with Crippen molar-refractivity contribution in [2.45, 2.75) is 0 Å². The largest absolute Gasteiger partial charge is 0.456 e. The molecule has 0 saturated heterocycles. The average Bonchev–Trinajstić information content (AvgIpc) is 3.66. The lowest BCUT2D eigenvalue weighted by atomic mass is 9.98. The zero-order valence-corrected chi connectivity index (χ0v) is 21.7. The molecule has 0 bridgehead atoms. The third kappa shape index (κ3) is 2.91. The number of nitrogens with zero attached hydrogens (tertiary/aromatic N) is 1. The van der Waals surface area contributed by atoms with E-state index in [0.29, 0.717) is 0 Å². The summed E-state index contributed by atoms with van der Waals surface area (Å²) in [5, 5.41) is 7.51. The summed E-state index contributed by atoms with van der Waals surface area (Å²) in [5.41, 5.74) is 7.99. The molecule has 0 radical (unpaired) electrons. The molecule has 0 aliphatic carbocycles. The van der Waals surface area contributed by atoms with Crippen LogP contribution in [0.5, 0.6) is 0 Å². The molecule has 39 heavy (non-hydrogen) atoms. The molecular formula is C36H21NOS. The van der Waals surface area contributed by atoms with Crippen LogP contribution < -0.4 is 0 Å². The molecule has 0 fully saturated rings. The van der Waals surface area contributed by atoms with E-state index in [-0.39, 0.29) is 0 Å². The van der Waals surface area contributed by atoms with Gasteiger partial charge < -0.3 is 8.98 Å². The predicted molar refractivity (Wildman–Crippen MR) is 166 cm³/mol. The summed E-state index contributed by atoms with van der Waals surface area (Å²) in [7, 11) is 0. The van der Waals surface area contributed by atoms with E-state index in [2.05, 4.69) is 126 Å². The van der Waals surface area contributed by atoms with E-state index in [1.165, 1.54) is 64.2 Å². The SMILES string of the molecule is c1ccc2c(c1)oc1cccc(-c3cccc4c3sc3cc(-n5c6ccccc6c6ccccc65)ccc34)c12. The van der Waals surface area contributed by atoms with E-state index in [0.717, 1.165) is 16.6 Å². The standard InChI is InChI=1S/C36H21NOS/c1-4-15-30-23(9-1)24-10-2-5-16-31(24)37(30)22-19-20-25-27-13-7-14-28(36(27)39-34(25)21-22)26-12-8-18-33-35(26)29-11-3-6-17-32(29)38-33/h1-21H. The Morgan fingerprint density at radius 3 is 1.95 bits per heavy atom. The fourth-order valence-corrected chi connectivity index (χ4v) is 7.60. The summed E-state index contributed by atoms with van der Waals surface area (Å²) in [5.74, 6) is 0. The molecule has 2 nitrogen and oxygen atoms in total. The highest BCUT2D eigenvalue weighted by Gasteiger charge is 2.17. The first-order chi connectivity index (χ1) is 19.3. The first-order valence-electron chi connectivity index (χ1n) is 13.2. The van der Waals surface area contributed by atoms with Crippen LogP contribution >= 0.6 is 11.3 Å². The minimum absolute atomic E-state index is 0.930. The molecule has 9 rings (SSSR count). The van der Waals surface area contributed by atoms with Crippen molar-refractivity contribution in [1.82, 2.24) is 4.57 Å². The van der Waals surface area contributed by atoms with Crippen molar-refractivity contribution in [3.8, 4) is 16.8 Å². The van der Waals surface area contributed by atoms with Gasteiger partial charge in [0.1, 0.15) is 11.2 Å². The fraction of sp³-hybridized carbons (Fsp3) is 0. The van der Waals surface area contributed by atoms with E-state index in [1.54, 1.807) is 0 Å². The summed E-state index contributed by atoms with van der Waals surface area (Å²) < 4.78 is 11.2. The van der Waals surface area contributed by atoms with Crippen LogP contribution in [0.3, 0.4) is 0 Å². The summed E-state index contributed by atoms with van der Waals surface area (Å²) in [6.07, 6.45) is 0. The molecule has 3 heteroatoms. The smallest absolute Gasteiger partial charge is 0.136 e. The predicted octanol–water partition coefficient (Wildman–Crippen LogP) is 10.7. The van der Waals surface area contributed by atoms with Crippen LogP contribution in [0.4, 0.5) is 0 Å². The Labute approximate surface area is 227 Å². The molecule has 0 atom stereocenters. The maximum absolute atomic E-state index is 6.21. The minimum atomic E-state index is 0.930. The highest BCUT2D eigenvalue weighted by atomic mass is 32.1. The zero-order valence-electron chi connectivity index (χ0n) is 20.9.